The van der Waals surface area contributed by atoms with E-state index in [9.17, 15) is 0 Å². The Kier molecular flexibility index (Phi) is 7.29. The number of hydrogen-bond acceptors (Lipinski definition) is 2. The van der Waals surface area contributed by atoms with E-state index in [-0.39, 0.29) is 0 Å². The molecule has 0 aromatic heterocycles. The van der Waals surface area contributed by atoms with E-state index >= 15 is 0 Å². The Hall–Kier alpha value is -0.0800. The lowest BCUT2D eigenvalue weighted by Crippen LogP contribution is -2.50. The molecule has 0 spiro atoms. The minimum atomic E-state index is 0.728. The smallest absolute Gasteiger partial charge is 0.0193 e. The predicted molar refractivity (Wildman–Crippen MR) is 60.1 cm³/mol. The van der Waals surface area contributed by atoms with Gasteiger partial charge in [0.15, 0.2) is 0 Å². The molecule has 0 bridgehead atoms. The highest BCUT2D eigenvalue weighted by Gasteiger charge is 2.17. The second kappa shape index (κ2) is 7.34. The molecule has 0 saturated carbocycles. The molecule has 1 aliphatic heterocycles. The monoisotopic (exact) mass is 186 g/mol. The Bertz CT molecular complexity index is 113. The van der Waals surface area contributed by atoms with Crippen molar-refractivity contribution in [1.82, 2.24) is 10.2 Å². The van der Waals surface area contributed by atoms with Crippen LogP contribution in [-0.2, 0) is 0 Å². The summed E-state index contributed by atoms with van der Waals surface area (Å²) >= 11 is 0. The molecule has 2 heteroatoms. The minimum Gasteiger partial charge on any atom is -0.314 e. The number of rotatable bonds is 2. The van der Waals surface area contributed by atoms with Crippen LogP contribution in [0.15, 0.2) is 0 Å². The molecular weight excluding hydrogens is 160 g/mol. The molecule has 0 amide bonds. The van der Waals surface area contributed by atoms with Gasteiger partial charge in [0.25, 0.3) is 0 Å². The predicted octanol–water partition coefficient (Wildman–Crippen LogP) is 1.96. The Morgan fingerprint density at radius 3 is 2.46 bits per heavy atom. The van der Waals surface area contributed by atoms with Gasteiger partial charge in [-0.05, 0) is 12.8 Å². The highest BCUT2D eigenvalue weighted by atomic mass is 15.2. The molecule has 1 heterocycles. The van der Waals surface area contributed by atoms with Crippen LogP contribution in [0.4, 0.5) is 0 Å². The number of nitrogens with zero attached hydrogens (tertiary/aromatic N) is 1. The zero-order valence-electron chi connectivity index (χ0n) is 9.93. The molecular formula is C11H26N2. The molecule has 0 aliphatic carbocycles. The van der Waals surface area contributed by atoms with Crippen molar-refractivity contribution in [2.45, 2.75) is 40.7 Å². The highest BCUT2D eigenvalue weighted by molar-refractivity contribution is 4.76. The summed E-state index contributed by atoms with van der Waals surface area (Å²) in [5.74, 6) is 0.801. The number of piperazine rings is 1. The van der Waals surface area contributed by atoms with Gasteiger partial charge in [0, 0.05) is 32.2 Å². The summed E-state index contributed by atoms with van der Waals surface area (Å²) in [5, 5.41) is 3.40. The van der Waals surface area contributed by atoms with Gasteiger partial charge in [0.05, 0.1) is 0 Å². The van der Waals surface area contributed by atoms with Crippen molar-refractivity contribution in [2.24, 2.45) is 5.92 Å². The molecule has 2 nitrogen and oxygen atoms in total. The second-order valence-electron chi connectivity index (χ2n) is 3.94. The Balaban J connectivity index is 0.000000671. The van der Waals surface area contributed by atoms with Gasteiger partial charge in [-0.3, -0.25) is 4.90 Å². The van der Waals surface area contributed by atoms with Gasteiger partial charge >= 0.3 is 0 Å². The van der Waals surface area contributed by atoms with Crippen LogP contribution in [0.3, 0.4) is 0 Å². The van der Waals surface area contributed by atoms with Crippen molar-refractivity contribution in [3.63, 3.8) is 0 Å². The maximum absolute atomic E-state index is 3.40. The van der Waals surface area contributed by atoms with Gasteiger partial charge < -0.3 is 5.32 Å². The van der Waals surface area contributed by atoms with Crippen LogP contribution in [0.5, 0.6) is 0 Å². The third-order valence-electron chi connectivity index (χ3n) is 2.24. The van der Waals surface area contributed by atoms with Crippen LogP contribution in [0.25, 0.3) is 0 Å². The first kappa shape index (κ1) is 12.9. The lowest BCUT2D eigenvalue weighted by Gasteiger charge is -2.34. The van der Waals surface area contributed by atoms with E-state index < -0.39 is 0 Å². The van der Waals surface area contributed by atoms with Crippen molar-refractivity contribution in [2.75, 3.05) is 26.2 Å². The van der Waals surface area contributed by atoms with Crippen molar-refractivity contribution in [3.8, 4) is 0 Å². The standard InChI is InChI=1S/C9H20N2.C2H6/c1-8(2)7-11-5-4-10-6-9(11)3;1-2/h8-10H,4-7H2,1-3H3;1-2H3. The summed E-state index contributed by atoms with van der Waals surface area (Å²) in [6.07, 6.45) is 0. The van der Waals surface area contributed by atoms with Crippen molar-refractivity contribution in [1.29, 1.82) is 0 Å². The normalized spacial score (nSPS) is 24.0. The first-order valence-corrected chi connectivity index (χ1v) is 5.65. The molecule has 1 unspecified atom stereocenters. The molecule has 1 atom stereocenters. The van der Waals surface area contributed by atoms with Gasteiger partial charge in [-0.2, -0.15) is 0 Å². The van der Waals surface area contributed by atoms with E-state index in [0.29, 0.717) is 0 Å². The van der Waals surface area contributed by atoms with Crippen molar-refractivity contribution in [3.05, 3.63) is 0 Å². The molecule has 80 valence electrons. The van der Waals surface area contributed by atoms with Crippen molar-refractivity contribution < 1.29 is 0 Å². The van der Waals surface area contributed by atoms with Gasteiger partial charge in [-0.25, -0.2) is 0 Å². The third-order valence-corrected chi connectivity index (χ3v) is 2.24. The fourth-order valence-electron chi connectivity index (χ4n) is 1.62. The highest BCUT2D eigenvalue weighted by Crippen LogP contribution is 2.05. The first-order chi connectivity index (χ1) is 6.20. The number of nitrogens with one attached hydrogen (secondary N) is 1. The first-order valence-electron chi connectivity index (χ1n) is 5.65. The third kappa shape index (κ3) is 5.27. The van der Waals surface area contributed by atoms with Crippen LogP contribution >= 0.6 is 0 Å². The van der Waals surface area contributed by atoms with Crippen LogP contribution in [0.1, 0.15) is 34.6 Å². The minimum absolute atomic E-state index is 0.728. The van der Waals surface area contributed by atoms with E-state index in [4.69, 9.17) is 0 Å². The topological polar surface area (TPSA) is 15.3 Å². The molecule has 1 rings (SSSR count). The van der Waals surface area contributed by atoms with Crippen molar-refractivity contribution >= 4 is 0 Å². The van der Waals surface area contributed by atoms with Crippen LogP contribution in [0, 0.1) is 5.92 Å². The quantitative estimate of drug-likeness (QED) is 0.709. The lowest BCUT2D eigenvalue weighted by atomic mass is 10.1. The largest absolute Gasteiger partial charge is 0.314 e. The maximum Gasteiger partial charge on any atom is 0.0193 e. The molecule has 1 aliphatic rings. The second-order valence-corrected chi connectivity index (χ2v) is 3.94. The van der Waals surface area contributed by atoms with Gasteiger partial charge in [0.1, 0.15) is 0 Å². The summed E-state index contributed by atoms with van der Waals surface area (Å²) in [5.41, 5.74) is 0. The Labute approximate surface area is 83.7 Å². The van der Waals surface area contributed by atoms with Gasteiger partial charge in [-0.15, -0.1) is 0 Å². The lowest BCUT2D eigenvalue weighted by molar-refractivity contribution is 0.156. The SMILES string of the molecule is CC.CC(C)CN1CCNCC1C. The molecule has 0 radical (unpaired) electrons. The summed E-state index contributed by atoms with van der Waals surface area (Å²) < 4.78 is 0. The summed E-state index contributed by atoms with van der Waals surface area (Å²) in [4.78, 5) is 2.57. The molecule has 0 aromatic carbocycles. The molecule has 1 N–H and O–H groups in total. The van der Waals surface area contributed by atoms with E-state index in [2.05, 4.69) is 31.0 Å². The summed E-state index contributed by atoms with van der Waals surface area (Å²) in [7, 11) is 0. The summed E-state index contributed by atoms with van der Waals surface area (Å²) in [6, 6.07) is 0.728. The molecule has 13 heavy (non-hydrogen) atoms. The van der Waals surface area contributed by atoms with Gasteiger partial charge in [-0.1, -0.05) is 27.7 Å². The summed E-state index contributed by atoms with van der Waals surface area (Å²) in [6.45, 7) is 15.7. The Morgan fingerprint density at radius 2 is 2.00 bits per heavy atom. The number of hydrogen-bond donors (Lipinski definition) is 1. The fraction of sp³-hybridized carbons (Fsp3) is 1.00. The van der Waals surface area contributed by atoms with E-state index in [0.717, 1.165) is 25.0 Å². The fourth-order valence-corrected chi connectivity index (χ4v) is 1.62. The maximum atomic E-state index is 3.40. The average molecular weight is 186 g/mol. The van der Waals surface area contributed by atoms with E-state index in [1.54, 1.807) is 0 Å². The molecule has 1 fully saturated rings. The average Bonchev–Trinajstić information content (AvgIpc) is 2.12. The van der Waals surface area contributed by atoms with Crippen LogP contribution in [0.2, 0.25) is 0 Å². The molecule has 0 aromatic rings. The van der Waals surface area contributed by atoms with E-state index in [1.165, 1.54) is 13.1 Å². The molecule has 1 saturated heterocycles. The zero-order chi connectivity index (χ0) is 10.3. The van der Waals surface area contributed by atoms with Crippen LogP contribution < -0.4 is 5.32 Å². The van der Waals surface area contributed by atoms with E-state index in [1.807, 2.05) is 13.8 Å². The van der Waals surface area contributed by atoms with Gasteiger partial charge in [0.2, 0.25) is 0 Å². The van der Waals surface area contributed by atoms with Crippen LogP contribution in [-0.4, -0.2) is 37.1 Å². The zero-order valence-corrected chi connectivity index (χ0v) is 9.93. The Morgan fingerprint density at radius 1 is 1.38 bits per heavy atom.